The van der Waals surface area contributed by atoms with E-state index in [4.69, 9.17) is 42.6 Å². The molecule has 12 aromatic rings. The highest BCUT2D eigenvalue weighted by Crippen LogP contribution is 2.55. The van der Waals surface area contributed by atoms with Crippen LogP contribution in [-0.2, 0) is 84.4 Å². The van der Waals surface area contributed by atoms with Gasteiger partial charge in [0.1, 0.15) is 49.4 Å². The maximum atomic E-state index is 15.8. The quantitative estimate of drug-likeness (QED) is 0.0196. The first-order valence-electron chi connectivity index (χ1n) is 48.6. The molecule has 0 N–H and O–H groups in total. The van der Waals surface area contributed by atoms with E-state index in [2.05, 4.69) is 82.3 Å². The number of hydrogen-bond acceptors (Lipinski definition) is 19. The average Bonchev–Trinajstić information content (AvgIpc) is 0.747. The van der Waals surface area contributed by atoms with Crippen molar-refractivity contribution in [1.29, 1.82) is 0 Å². The third-order valence-corrected chi connectivity index (χ3v) is 37.7. The summed E-state index contributed by atoms with van der Waals surface area (Å²) in [5, 5.41) is 4.46. The Morgan fingerprint density at radius 1 is 0.273 bits per heavy atom. The van der Waals surface area contributed by atoms with Crippen LogP contribution in [0, 0.1) is 66.2 Å². The molecular weight excluding hydrogens is 1870 g/mol. The smallest absolute Gasteiger partial charge is 0.344 e. The third kappa shape index (κ3) is 24.9. The lowest BCUT2D eigenvalue weighted by Gasteiger charge is -2.35. The van der Waals surface area contributed by atoms with Gasteiger partial charge < -0.3 is 56.3 Å². The molecule has 0 amide bonds. The van der Waals surface area contributed by atoms with Crippen LogP contribution in [0.25, 0.3) is 0 Å². The zero-order valence-electron chi connectivity index (χ0n) is 86.6. The Morgan fingerprint density at radius 2 is 0.476 bits per heavy atom. The average molecular weight is 2010 g/mol. The fourth-order valence-electron chi connectivity index (χ4n) is 18.2. The zero-order valence-corrected chi connectivity index (χ0v) is 90.2. The number of ether oxygens (including phenoxy) is 9. The number of benzene rings is 12. The van der Waals surface area contributed by atoms with E-state index >= 15 is 28.1 Å². The molecule has 23 heteroatoms. The second kappa shape index (κ2) is 46.2. The van der Waals surface area contributed by atoms with Gasteiger partial charge in [0, 0.05) is 93.6 Å². The summed E-state index contributed by atoms with van der Waals surface area (Å²) in [6.07, 6.45) is 0.911. The van der Waals surface area contributed by atoms with E-state index < -0.39 is 155 Å². The van der Waals surface area contributed by atoms with Gasteiger partial charge in [-0.2, -0.15) is 0 Å². The van der Waals surface area contributed by atoms with Crippen LogP contribution in [0.3, 0.4) is 0 Å². The lowest BCUT2D eigenvalue weighted by Crippen LogP contribution is -2.43. The second-order valence-corrected chi connectivity index (χ2v) is 51.6. The first-order valence-corrected chi connectivity index (χ1v) is 55.3. The predicted octanol–water partition coefficient (Wildman–Crippen LogP) is 23.0. The summed E-state index contributed by atoms with van der Waals surface area (Å²) < 4.78 is 106. The molecule has 0 spiro atoms. The van der Waals surface area contributed by atoms with E-state index in [1.807, 2.05) is 106 Å². The van der Waals surface area contributed by atoms with Crippen molar-refractivity contribution in [2.45, 2.75) is 193 Å². The summed E-state index contributed by atoms with van der Waals surface area (Å²) in [5.41, 5.74) is 2.06. The van der Waals surface area contributed by atoms with E-state index in [9.17, 15) is 19.2 Å². The first kappa shape index (κ1) is 110. The molecule has 143 heavy (non-hydrogen) atoms. The molecule has 0 radical (unpaired) electrons. The molecule has 12 aromatic carbocycles. The largest absolute Gasteiger partial charge is 0.481 e. The van der Waals surface area contributed by atoms with Gasteiger partial charge in [0.15, 0.2) is 26.4 Å². The van der Waals surface area contributed by atoms with Crippen LogP contribution in [0.4, 0.5) is 0 Å². The molecule has 1 unspecified atom stereocenters. The SMILES string of the molecule is CCC(COCC(CC)(COC(=O)COc1c(C(C)(C)C)cc(C)c(C(=O)P(=O)(c2ccccc2)c2ccccc2)c1C)COC(=O)COc1c(C(C)(C)C)cc(C)c(C(=O)P(=O)(c2ccccc2)c2ccccc2)c1C)(COC(=O)COc1c(C(C)(C)C)cc(C)c(CP(c2ccccc2)c2ccccc2)c1C)COC(=O)COc1c(C(C)(C)C)cc(C)c(C(=O)P(=O)(c2ccccc2)c2ccccc2)c1C. The van der Waals surface area contributed by atoms with Crippen LogP contribution in [0.15, 0.2) is 267 Å². The molecule has 0 saturated heterocycles. The van der Waals surface area contributed by atoms with Gasteiger partial charge in [-0.1, -0.05) is 364 Å². The minimum Gasteiger partial charge on any atom is -0.481 e. The van der Waals surface area contributed by atoms with Crippen molar-refractivity contribution in [2.24, 2.45) is 10.8 Å². The molecule has 0 fully saturated rings. The van der Waals surface area contributed by atoms with Crippen LogP contribution < -0.4 is 61.4 Å². The zero-order chi connectivity index (χ0) is 104. The topological polar surface area (TPSA) is 254 Å². The Labute approximate surface area is 845 Å². The minimum atomic E-state index is -4.08. The molecule has 12 rings (SSSR count). The maximum Gasteiger partial charge on any atom is 0.344 e. The van der Waals surface area contributed by atoms with Gasteiger partial charge in [0.25, 0.3) is 0 Å². The van der Waals surface area contributed by atoms with Gasteiger partial charge in [0.05, 0.1) is 24.0 Å². The van der Waals surface area contributed by atoms with Crippen LogP contribution >= 0.6 is 29.3 Å². The number of rotatable bonds is 42. The highest BCUT2D eigenvalue weighted by Gasteiger charge is 2.46. The Kier molecular flexibility index (Phi) is 35.4. The fraction of sp³-hybridized carbons (Fsp3) is 0.342. The van der Waals surface area contributed by atoms with Gasteiger partial charge in [-0.05, 0) is 142 Å². The molecule has 0 bridgehead atoms. The molecule has 0 saturated carbocycles. The standard InChI is InChI=1S/C120H136O19P4/c1-23-119(76-136-101(121)69-132-108-84(7)96(80(3)65-97(108)115(11,12)13)73-140(88-49-33-25-34-50-88)89-51-35-26-36-52-89,77-137-102(122)70-133-109-85(8)105(81(4)66-98(109)116(14,15)16)112(125)141(128,90-53-37-27-38-54-90)91-55-39-28-40-56-91)74-131-75-120(24-2,78-138-103(123)71-134-110-86(9)106(82(5)67-99(110)117(17,18)19)113(126)142(129,92-57-41-29-42-58-92)93-59-43-30-44-60-93)79-139-104(124)72-135-111-87(10)107(83(6)68-100(111)118(20,21)22)114(127)143(130,94-61-45-31-46-62-94)95-63-47-32-48-64-95/h25-68H,23-24,69-79H2,1-22H3. The van der Waals surface area contributed by atoms with Crippen LogP contribution in [0.5, 0.6) is 23.0 Å². The number of carbonyl (C=O) groups excluding carboxylic acids is 7. The van der Waals surface area contributed by atoms with E-state index in [-0.39, 0.29) is 60.0 Å². The van der Waals surface area contributed by atoms with Crippen molar-refractivity contribution < 1.29 is 89.9 Å². The lowest BCUT2D eigenvalue weighted by molar-refractivity contribution is -0.165. The van der Waals surface area contributed by atoms with Crippen LogP contribution in [0.1, 0.15) is 213 Å². The van der Waals surface area contributed by atoms with Gasteiger partial charge >= 0.3 is 23.9 Å². The Balaban J connectivity index is 0.883. The maximum absolute atomic E-state index is 15.8. The van der Waals surface area contributed by atoms with E-state index in [1.54, 1.807) is 230 Å². The summed E-state index contributed by atoms with van der Waals surface area (Å²) in [5.74, 6) is -2.17. The third-order valence-electron chi connectivity index (χ3n) is 26.7. The van der Waals surface area contributed by atoms with Gasteiger partial charge in [-0.3, -0.25) is 14.4 Å². The molecule has 0 aromatic heterocycles. The van der Waals surface area contributed by atoms with Gasteiger partial charge in [-0.25, -0.2) is 19.2 Å². The van der Waals surface area contributed by atoms with Crippen LogP contribution in [0.2, 0.25) is 0 Å². The normalized spacial score (nSPS) is 12.6. The number of esters is 4. The highest BCUT2D eigenvalue weighted by atomic mass is 31.2. The Morgan fingerprint density at radius 3 is 0.685 bits per heavy atom. The summed E-state index contributed by atoms with van der Waals surface area (Å²) in [6.45, 7) is 37.2. The van der Waals surface area contributed by atoms with Gasteiger partial charge in [0.2, 0.25) is 38.0 Å². The summed E-state index contributed by atoms with van der Waals surface area (Å²) in [6, 6.07) is 80.4. The van der Waals surface area contributed by atoms with Crippen molar-refractivity contribution in [2.75, 3.05) is 66.1 Å². The predicted molar refractivity (Wildman–Crippen MR) is 576 cm³/mol. The monoisotopic (exact) mass is 2000 g/mol. The van der Waals surface area contributed by atoms with E-state index in [1.165, 1.54) is 10.6 Å². The van der Waals surface area contributed by atoms with Crippen molar-refractivity contribution in [3.63, 3.8) is 0 Å². The number of carbonyl (C=O) groups is 7. The Bertz CT molecular complexity index is 6370. The summed E-state index contributed by atoms with van der Waals surface area (Å²) in [7, 11) is -13.1. The highest BCUT2D eigenvalue weighted by molar-refractivity contribution is 7.94. The van der Waals surface area contributed by atoms with Crippen molar-refractivity contribution >= 4 is 112 Å². The lowest BCUT2D eigenvalue weighted by atomic mass is 9.83. The molecule has 750 valence electrons. The minimum absolute atomic E-state index is 0.0987. The molecule has 1 atom stereocenters. The van der Waals surface area contributed by atoms with Crippen molar-refractivity contribution in [3.8, 4) is 23.0 Å². The van der Waals surface area contributed by atoms with E-state index in [0.717, 1.165) is 22.3 Å². The fourth-order valence-corrected chi connectivity index (χ4v) is 28.6. The summed E-state index contributed by atoms with van der Waals surface area (Å²) in [4.78, 5) is 106. The molecule has 19 nitrogen and oxygen atoms in total. The Hall–Kier alpha value is -12.2. The van der Waals surface area contributed by atoms with Gasteiger partial charge in [-0.15, -0.1) is 0 Å². The molecular formula is C120H136O19P4. The summed E-state index contributed by atoms with van der Waals surface area (Å²) >= 11 is 0. The van der Waals surface area contributed by atoms with Crippen LogP contribution in [-0.4, -0.2) is 107 Å². The number of aryl methyl sites for hydroxylation is 4. The van der Waals surface area contributed by atoms with Crippen molar-refractivity contribution in [1.82, 2.24) is 0 Å². The van der Waals surface area contributed by atoms with Crippen molar-refractivity contribution in [3.05, 3.63) is 356 Å². The first-order chi connectivity index (χ1) is 67.7. The second-order valence-electron chi connectivity index (χ2n) is 41.4. The molecule has 0 aliphatic rings. The van der Waals surface area contributed by atoms with E-state index in [0.29, 0.717) is 93.8 Å². The molecule has 0 heterocycles. The molecule has 0 aliphatic heterocycles. The molecule has 0 aliphatic carbocycles. The number of hydrogen-bond donors (Lipinski definition) is 0.